The first-order valence-electron chi connectivity index (χ1n) is 7.26. The molecule has 0 aromatic heterocycles. The molecule has 0 aromatic carbocycles. The third kappa shape index (κ3) is 2.16. The highest BCUT2D eigenvalue weighted by atomic mass is 35.5. The maximum Gasteiger partial charge on any atom is 0.237 e. The van der Waals surface area contributed by atoms with Crippen molar-refractivity contribution in [2.75, 3.05) is 0 Å². The lowest BCUT2D eigenvalue weighted by molar-refractivity contribution is -0.123. The third-order valence-corrected chi connectivity index (χ3v) is 5.53. The summed E-state index contributed by atoms with van der Waals surface area (Å²) in [6, 6.07) is 0.123. The number of fused-ring (bicyclic) bond motifs is 5. The first-order chi connectivity index (χ1) is 8.20. The minimum atomic E-state index is -0.312. The molecule has 3 N–H and O–H groups in total. The predicted molar refractivity (Wildman–Crippen MR) is 74.5 cm³/mol. The molecule has 0 radical (unpaired) electrons. The van der Waals surface area contributed by atoms with Crippen LogP contribution in [0.4, 0.5) is 0 Å². The van der Waals surface area contributed by atoms with Crippen LogP contribution in [0.15, 0.2) is 0 Å². The molecule has 0 heterocycles. The summed E-state index contributed by atoms with van der Waals surface area (Å²) < 4.78 is 0. The predicted octanol–water partition coefficient (Wildman–Crippen LogP) is 2.09. The van der Waals surface area contributed by atoms with Gasteiger partial charge in [-0.15, -0.1) is 12.4 Å². The molecule has 1 amide bonds. The van der Waals surface area contributed by atoms with Crippen LogP contribution in [0.2, 0.25) is 0 Å². The summed E-state index contributed by atoms with van der Waals surface area (Å²) in [6.07, 6.45) is 7.57. The number of carbonyl (C=O) groups excluding carboxylic acids is 1. The number of hydrogen-bond donors (Lipinski definition) is 2. The van der Waals surface area contributed by atoms with Gasteiger partial charge in [0.15, 0.2) is 0 Å². The molecular formula is C14H25ClN2O. The summed E-state index contributed by atoms with van der Waals surface area (Å²) in [7, 11) is 0. The molecule has 0 aliphatic heterocycles. The van der Waals surface area contributed by atoms with E-state index in [-0.39, 0.29) is 24.4 Å². The van der Waals surface area contributed by atoms with Crippen molar-refractivity contribution in [3.63, 3.8) is 0 Å². The number of nitrogens with one attached hydrogen (secondary N) is 1. The molecule has 3 nitrogen and oxygen atoms in total. The van der Waals surface area contributed by atoms with E-state index in [1.54, 1.807) is 0 Å². The molecule has 0 aromatic rings. The molecule has 0 saturated heterocycles. The van der Waals surface area contributed by atoms with Crippen molar-refractivity contribution in [1.29, 1.82) is 0 Å². The van der Waals surface area contributed by atoms with Crippen molar-refractivity contribution < 1.29 is 4.79 Å². The van der Waals surface area contributed by atoms with Gasteiger partial charge in [0, 0.05) is 6.04 Å². The van der Waals surface area contributed by atoms with Crippen molar-refractivity contribution in [2.45, 2.75) is 57.5 Å². The zero-order valence-electron chi connectivity index (χ0n) is 11.1. The Balaban J connectivity index is 0.00000120. The average molecular weight is 273 g/mol. The fourth-order valence-electron chi connectivity index (χ4n) is 4.71. The Labute approximate surface area is 116 Å². The van der Waals surface area contributed by atoms with Crippen LogP contribution in [0.5, 0.6) is 0 Å². The summed E-state index contributed by atoms with van der Waals surface area (Å²) in [5, 5.41) is 3.21. The van der Waals surface area contributed by atoms with E-state index in [4.69, 9.17) is 5.73 Å². The lowest BCUT2D eigenvalue weighted by atomic mass is 9.79. The highest BCUT2D eigenvalue weighted by molar-refractivity contribution is 5.85. The van der Waals surface area contributed by atoms with Gasteiger partial charge in [-0.25, -0.2) is 0 Å². The Morgan fingerprint density at radius 1 is 1.28 bits per heavy atom. The molecule has 3 fully saturated rings. The molecule has 0 spiro atoms. The molecule has 3 aliphatic rings. The highest BCUT2D eigenvalue weighted by Crippen LogP contribution is 2.58. The van der Waals surface area contributed by atoms with Gasteiger partial charge in [0.2, 0.25) is 5.91 Å². The summed E-state index contributed by atoms with van der Waals surface area (Å²) >= 11 is 0. The van der Waals surface area contributed by atoms with E-state index in [0.717, 1.165) is 30.1 Å². The zero-order valence-corrected chi connectivity index (χ0v) is 11.9. The second-order valence-corrected chi connectivity index (χ2v) is 6.28. The van der Waals surface area contributed by atoms with Gasteiger partial charge < -0.3 is 11.1 Å². The van der Waals surface area contributed by atoms with Crippen LogP contribution in [-0.4, -0.2) is 18.0 Å². The number of carbonyl (C=O) groups is 1. The number of nitrogens with two attached hydrogens (primary N) is 1. The van der Waals surface area contributed by atoms with Crippen molar-refractivity contribution >= 4 is 18.3 Å². The number of rotatable bonds is 3. The van der Waals surface area contributed by atoms with Crippen LogP contribution in [0, 0.1) is 23.7 Å². The summed E-state index contributed by atoms with van der Waals surface area (Å²) in [5.41, 5.74) is 5.79. The van der Waals surface area contributed by atoms with Crippen LogP contribution in [0.3, 0.4) is 0 Å². The standard InChI is InChI=1S/C14H24N2O.ClH/c1-2-12(15)14(17)16-13-7-8-6-11(13)10-5-3-4-9(8)10;/h8-13H,2-7,15H2,1H3,(H,16,17);1H/t8?,9?,10?,11?,12-,13?;/m0./s1. The van der Waals surface area contributed by atoms with Crippen LogP contribution in [0.25, 0.3) is 0 Å². The van der Waals surface area contributed by atoms with Gasteiger partial charge >= 0.3 is 0 Å². The highest BCUT2D eigenvalue weighted by Gasteiger charge is 2.54. The monoisotopic (exact) mass is 272 g/mol. The van der Waals surface area contributed by atoms with Crippen molar-refractivity contribution in [3.8, 4) is 0 Å². The van der Waals surface area contributed by atoms with Gasteiger partial charge in [0.25, 0.3) is 0 Å². The van der Waals surface area contributed by atoms with Gasteiger partial charge in [-0.3, -0.25) is 4.79 Å². The fraction of sp³-hybridized carbons (Fsp3) is 0.929. The Kier molecular flexibility index (Phi) is 4.22. The lowest BCUT2D eigenvalue weighted by Gasteiger charge is -2.32. The largest absolute Gasteiger partial charge is 0.352 e. The molecule has 3 aliphatic carbocycles. The fourth-order valence-corrected chi connectivity index (χ4v) is 4.71. The number of hydrogen-bond acceptors (Lipinski definition) is 2. The van der Waals surface area contributed by atoms with Crippen molar-refractivity contribution in [3.05, 3.63) is 0 Å². The van der Waals surface area contributed by atoms with Gasteiger partial charge in [0.1, 0.15) is 0 Å². The molecule has 4 heteroatoms. The van der Waals surface area contributed by atoms with E-state index in [1.807, 2.05) is 6.92 Å². The minimum absolute atomic E-state index is 0. The first-order valence-corrected chi connectivity index (χ1v) is 7.26. The second kappa shape index (κ2) is 5.38. The smallest absolute Gasteiger partial charge is 0.237 e. The summed E-state index contributed by atoms with van der Waals surface area (Å²) in [5.74, 6) is 3.64. The van der Waals surface area contributed by atoms with E-state index in [2.05, 4.69) is 5.32 Å². The van der Waals surface area contributed by atoms with Crippen molar-refractivity contribution in [2.24, 2.45) is 29.4 Å². The molecule has 104 valence electrons. The average Bonchev–Trinajstić information content (AvgIpc) is 2.98. The molecule has 18 heavy (non-hydrogen) atoms. The number of halogens is 1. The van der Waals surface area contributed by atoms with Crippen molar-refractivity contribution in [1.82, 2.24) is 5.32 Å². The first kappa shape index (κ1) is 14.1. The Bertz CT molecular complexity index is 323. The van der Waals surface area contributed by atoms with E-state index in [9.17, 15) is 4.79 Å². The molecule has 6 atom stereocenters. The lowest BCUT2D eigenvalue weighted by Crippen LogP contribution is -2.48. The normalized spacial score (nSPS) is 42.2. The van der Waals surface area contributed by atoms with Gasteiger partial charge in [0.05, 0.1) is 6.04 Å². The van der Waals surface area contributed by atoms with E-state index >= 15 is 0 Å². The Morgan fingerprint density at radius 2 is 2.00 bits per heavy atom. The maximum absolute atomic E-state index is 11.9. The van der Waals surface area contributed by atoms with Gasteiger partial charge in [-0.2, -0.15) is 0 Å². The zero-order chi connectivity index (χ0) is 12.0. The van der Waals surface area contributed by atoms with E-state index in [0.29, 0.717) is 6.04 Å². The van der Waals surface area contributed by atoms with E-state index in [1.165, 1.54) is 32.1 Å². The SMILES string of the molecule is CC[C@H](N)C(=O)NC1CC2CC1C1CCCC21.Cl. The van der Waals surface area contributed by atoms with Crippen LogP contribution in [0.1, 0.15) is 45.4 Å². The van der Waals surface area contributed by atoms with Crippen LogP contribution < -0.4 is 11.1 Å². The molecule has 3 saturated carbocycles. The number of amides is 1. The van der Waals surface area contributed by atoms with Crippen LogP contribution in [-0.2, 0) is 4.79 Å². The van der Waals surface area contributed by atoms with Gasteiger partial charge in [-0.05, 0) is 55.8 Å². The molecule has 3 rings (SSSR count). The summed E-state index contributed by atoms with van der Waals surface area (Å²) in [4.78, 5) is 11.9. The summed E-state index contributed by atoms with van der Waals surface area (Å²) in [6.45, 7) is 1.97. The quantitative estimate of drug-likeness (QED) is 0.827. The Morgan fingerprint density at radius 3 is 2.72 bits per heavy atom. The molecular weight excluding hydrogens is 248 g/mol. The topological polar surface area (TPSA) is 55.1 Å². The Hall–Kier alpha value is -0.280. The maximum atomic E-state index is 11.9. The van der Waals surface area contributed by atoms with E-state index < -0.39 is 0 Å². The second-order valence-electron chi connectivity index (χ2n) is 6.28. The third-order valence-electron chi connectivity index (χ3n) is 5.53. The molecule has 2 bridgehead atoms. The minimum Gasteiger partial charge on any atom is -0.352 e. The molecule has 5 unspecified atom stereocenters. The van der Waals surface area contributed by atoms with Gasteiger partial charge in [-0.1, -0.05) is 13.3 Å². The van der Waals surface area contributed by atoms with Crippen LogP contribution >= 0.6 is 12.4 Å².